The average molecular weight is 342 g/mol. The zero-order valence-electron chi connectivity index (χ0n) is 15.1. The summed E-state index contributed by atoms with van der Waals surface area (Å²) in [7, 11) is 0. The summed E-state index contributed by atoms with van der Waals surface area (Å²) in [5.41, 5.74) is 2.85. The summed E-state index contributed by atoms with van der Waals surface area (Å²) in [4.78, 5) is 10.7. The molecule has 136 valence electrons. The van der Waals surface area contributed by atoms with Gasteiger partial charge >= 0.3 is 6.09 Å². The second-order valence-corrected chi connectivity index (χ2v) is 7.51. The summed E-state index contributed by atoms with van der Waals surface area (Å²) in [6.07, 6.45) is 8.02. The van der Waals surface area contributed by atoms with Gasteiger partial charge in [0.15, 0.2) is 0 Å². The zero-order valence-corrected chi connectivity index (χ0v) is 15.1. The van der Waals surface area contributed by atoms with E-state index in [1.807, 2.05) is 0 Å². The van der Waals surface area contributed by atoms with Crippen molar-refractivity contribution in [2.75, 3.05) is 6.54 Å². The molecule has 0 aliphatic heterocycles. The van der Waals surface area contributed by atoms with Gasteiger partial charge in [-0.25, -0.2) is 4.79 Å². The Morgan fingerprint density at radius 3 is 2.56 bits per heavy atom. The molecule has 1 aromatic carbocycles. The molecule has 2 saturated carbocycles. The van der Waals surface area contributed by atoms with E-state index in [1.54, 1.807) is 5.57 Å². The maximum absolute atomic E-state index is 10.7. The molecule has 2 aliphatic rings. The molecule has 1 aromatic rings. The van der Waals surface area contributed by atoms with Gasteiger partial charge in [0.05, 0.1) is 0 Å². The molecule has 0 saturated heterocycles. The van der Waals surface area contributed by atoms with Gasteiger partial charge in [0, 0.05) is 12.1 Å². The first-order valence-electron chi connectivity index (χ1n) is 9.64. The van der Waals surface area contributed by atoms with Crippen molar-refractivity contribution >= 4 is 12.2 Å². The lowest BCUT2D eigenvalue weighted by Gasteiger charge is -2.28. The van der Waals surface area contributed by atoms with E-state index >= 15 is 0 Å². The topological polar surface area (TPSA) is 61.4 Å². The standard InChI is InChI=1S/C21H30N2O2/c1-2-17(12-15-6-4-3-5-7-15)19-13-20(19)22-14-16-8-10-18(11-9-16)23-21(24)25/h3-7,12,16,18-20,22-23H,2,8-11,13-14H2,1H3,(H,24,25)/t16?,18?,19?,20-/m0/s1. The highest BCUT2D eigenvalue weighted by Gasteiger charge is 2.39. The first-order valence-corrected chi connectivity index (χ1v) is 9.64. The van der Waals surface area contributed by atoms with Crippen LogP contribution in [-0.4, -0.2) is 29.8 Å². The van der Waals surface area contributed by atoms with Gasteiger partial charge in [0.1, 0.15) is 0 Å². The number of hydrogen-bond donors (Lipinski definition) is 3. The molecule has 2 atom stereocenters. The second-order valence-electron chi connectivity index (χ2n) is 7.51. The summed E-state index contributed by atoms with van der Waals surface area (Å²) in [5.74, 6) is 1.38. The van der Waals surface area contributed by atoms with Crippen molar-refractivity contribution in [3.63, 3.8) is 0 Å². The fourth-order valence-electron chi connectivity index (χ4n) is 4.07. The van der Waals surface area contributed by atoms with Gasteiger partial charge in [-0.2, -0.15) is 0 Å². The number of benzene rings is 1. The molecule has 2 aliphatic carbocycles. The molecule has 0 radical (unpaired) electrons. The van der Waals surface area contributed by atoms with E-state index in [1.165, 1.54) is 12.0 Å². The SMILES string of the molecule is CCC(=Cc1ccccc1)C1C[C@@H]1NCC1CCC(NC(=O)O)CC1. The van der Waals surface area contributed by atoms with Crippen LogP contribution in [0, 0.1) is 11.8 Å². The molecule has 1 unspecified atom stereocenters. The van der Waals surface area contributed by atoms with Gasteiger partial charge < -0.3 is 15.7 Å². The molecular weight excluding hydrogens is 312 g/mol. The van der Waals surface area contributed by atoms with Crippen molar-refractivity contribution in [1.29, 1.82) is 0 Å². The number of amides is 1. The summed E-state index contributed by atoms with van der Waals surface area (Å²) in [5, 5.41) is 15.2. The van der Waals surface area contributed by atoms with Crippen LogP contribution < -0.4 is 10.6 Å². The second kappa shape index (κ2) is 8.52. The lowest BCUT2D eigenvalue weighted by molar-refractivity contribution is 0.182. The molecule has 0 aromatic heterocycles. The van der Waals surface area contributed by atoms with E-state index in [9.17, 15) is 4.79 Å². The third kappa shape index (κ3) is 5.33. The van der Waals surface area contributed by atoms with Crippen LogP contribution >= 0.6 is 0 Å². The molecule has 3 N–H and O–H groups in total. The largest absolute Gasteiger partial charge is 0.465 e. The molecule has 0 spiro atoms. The summed E-state index contributed by atoms with van der Waals surface area (Å²) in [6, 6.07) is 11.4. The van der Waals surface area contributed by atoms with Crippen molar-refractivity contribution in [3.8, 4) is 0 Å². The monoisotopic (exact) mass is 342 g/mol. The van der Waals surface area contributed by atoms with Crippen LogP contribution in [0.3, 0.4) is 0 Å². The van der Waals surface area contributed by atoms with Crippen LogP contribution in [0.4, 0.5) is 4.79 Å². The minimum atomic E-state index is -0.889. The molecular formula is C21H30N2O2. The zero-order chi connectivity index (χ0) is 17.6. The van der Waals surface area contributed by atoms with Crippen LogP contribution in [-0.2, 0) is 0 Å². The van der Waals surface area contributed by atoms with Crippen LogP contribution in [0.25, 0.3) is 6.08 Å². The Morgan fingerprint density at radius 1 is 1.20 bits per heavy atom. The van der Waals surface area contributed by atoms with Gasteiger partial charge in [-0.1, -0.05) is 48.9 Å². The molecule has 4 heteroatoms. The Hall–Kier alpha value is -1.81. The van der Waals surface area contributed by atoms with Gasteiger partial charge in [0.25, 0.3) is 0 Å². The van der Waals surface area contributed by atoms with Crippen LogP contribution in [0.1, 0.15) is 51.0 Å². The number of hydrogen-bond acceptors (Lipinski definition) is 2. The Kier molecular flexibility index (Phi) is 6.14. The van der Waals surface area contributed by atoms with E-state index < -0.39 is 6.09 Å². The minimum absolute atomic E-state index is 0.155. The first kappa shape index (κ1) is 18.0. The van der Waals surface area contributed by atoms with Crippen molar-refractivity contribution in [3.05, 3.63) is 41.5 Å². The molecule has 4 nitrogen and oxygen atoms in total. The fraction of sp³-hybridized carbons (Fsp3) is 0.571. The van der Waals surface area contributed by atoms with Gasteiger partial charge in [-0.05, 0) is 62.5 Å². The van der Waals surface area contributed by atoms with E-state index in [4.69, 9.17) is 5.11 Å². The van der Waals surface area contributed by atoms with Gasteiger partial charge in [0.2, 0.25) is 0 Å². The van der Waals surface area contributed by atoms with E-state index in [0.29, 0.717) is 17.9 Å². The average Bonchev–Trinajstić information content (AvgIpc) is 3.39. The number of carbonyl (C=O) groups is 1. The highest BCUT2D eigenvalue weighted by Crippen LogP contribution is 2.40. The third-order valence-corrected chi connectivity index (χ3v) is 5.67. The predicted molar refractivity (Wildman–Crippen MR) is 102 cm³/mol. The van der Waals surface area contributed by atoms with Crippen LogP contribution in [0.2, 0.25) is 0 Å². The molecule has 1 amide bonds. The smallest absolute Gasteiger partial charge is 0.404 e. The fourth-order valence-corrected chi connectivity index (χ4v) is 4.07. The highest BCUT2D eigenvalue weighted by molar-refractivity contribution is 5.64. The number of carboxylic acid groups (broad SMARTS) is 1. The minimum Gasteiger partial charge on any atom is -0.465 e. The van der Waals surface area contributed by atoms with Crippen molar-refractivity contribution in [2.45, 2.75) is 57.5 Å². The summed E-state index contributed by atoms with van der Waals surface area (Å²) < 4.78 is 0. The normalized spacial score (nSPS) is 29.2. The Labute approximate surface area is 150 Å². The highest BCUT2D eigenvalue weighted by atomic mass is 16.4. The molecule has 3 rings (SSSR count). The van der Waals surface area contributed by atoms with Crippen molar-refractivity contribution < 1.29 is 9.90 Å². The molecule has 0 heterocycles. The lowest BCUT2D eigenvalue weighted by atomic mass is 9.86. The van der Waals surface area contributed by atoms with Gasteiger partial charge in [-0.15, -0.1) is 0 Å². The third-order valence-electron chi connectivity index (χ3n) is 5.67. The maximum atomic E-state index is 10.7. The van der Waals surface area contributed by atoms with Crippen LogP contribution in [0.15, 0.2) is 35.9 Å². The number of rotatable bonds is 7. The number of nitrogens with one attached hydrogen (secondary N) is 2. The van der Waals surface area contributed by atoms with E-state index in [0.717, 1.165) is 38.6 Å². The van der Waals surface area contributed by atoms with Gasteiger partial charge in [-0.3, -0.25) is 0 Å². The molecule has 2 fully saturated rings. The van der Waals surface area contributed by atoms with E-state index in [-0.39, 0.29) is 6.04 Å². The summed E-state index contributed by atoms with van der Waals surface area (Å²) in [6.45, 7) is 3.32. The Morgan fingerprint density at radius 2 is 1.92 bits per heavy atom. The molecule has 0 bridgehead atoms. The van der Waals surface area contributed by atoms with Crippen molar-refractivity contribution in [1.82, 2.24) is 10.6 Å². The molecule has 25 heavy (non-hydrogen) atoms. The maximum Gasteiger partial charge on any atom is 0.404 e. The lowest BCUT2D eigenvalue weighted by Crippen LogP contribution is -2.38. The quantitative estimate of drug-likeness (QED) is 0.693. The Bertz CT molecular complexity index is 591. The van der Waals surface area contributed by atoms with Crippen molar-refractivity contribution in [2.24, 2.45) is 11.8 Å². The first-order chi connectivity index (χ1) is 12.2. The summed E-state index contributed by atoms with van der Waals surface area (Å²) >= 11 is 0. The van der Waals surface area contributed by atoms with E-state index in [2.05, 4.69) is 54.0 Å². The van der Waals surface area contributed by atoms with Crippen LogP contribution in [0.5, 0.6) is 0 Å². The predicted octanol–water partition coefficient (Wildman–Crippen LogP) is 4.28. The Balaban J connectivity index is 1.41.